The second-order valence-electron chi connectivity index (χ2n) is 6.58. The minimum Gasteiger partial charge on any atom is -0.492 e. The summed E-state index contributed by atoms with van der Waals surface area (Å²) in [6, 6.07) is 15.7. The van der Waals surface area contributed by atoms with Crippen LogP contribution in [-0.4, -0.2) is 36.9 Å². The summed E-state index contributed by atoms with van der Waals surface area (Å²) < 4.78 is 5.81. The molecule has 0 aliphatic heterocycles. The zero-order chi connectivity index (χ0) is 18.4. The summed E-state index contributed by atoms with van der Waals surface area (Å²) in [6.45, 7) is 7.95. The zero-order valence-electron chi connectivity index (χ0n) is 15.7. The molecule has 3 rings (SSSR count). The predicted octanol–water partition coefficient (Wildman–Crippen LogP) is 4.79. The highest BCUT2D eigenvalue weighted by Crippen LogP contribution is 2.32. The van der Waals surface area contributed by atoms with Gasteiger partial charge in [0.05, 0.1) is 5.92 Å². The number of carbonyl (C=O) groups is 1. The highest BCUT2D eigenvalue weighted by Gasteiger charge is 2.24. The molecular formula is C23H27NO2. The van der Waals surface area contributed by atoms with Crippen LogP contribution in [0.2, 0.25) is 0 Å². The Kier molecular flexibility index (Phi) is 6.24. The molecule has 0 fully saturated rings. The van der Waals surface area contributed by atoms with Gasteiger partial charge in [-0.15, -0.1) is 0 Å². The fraction of sp³-hybridized carbons (Fsp3) is 0.348. The third kappa shape index (κ3) is 4.23. The van der Waals surface area contributed by atoms with E-state index in [1.807, 2.05) is 36.4 Å². The lowest BCUT2D eigenvalue weighted by molar-refractivity contribution is 0.0959. The average Bonchev–Trinajstić information content (AvgIpc) is 2.71. The van der Waals surface area contributed by atoms with Gasteiger partial charge in [0, 0.05) is 12.1 Å². The number of hydrogen-bond acceptors (Lipinski definition) is 3. The maximum Gasteiger partial charge on any atom is 0.170 e. The highest BCUT2D eigenvalue weighted by molar-refractivity contribution is 6.02. The van der Waals surface area contributed by atoms with E-state index in [0.717, 1.165) is 48.5 Å². The van der Waals surface area contributed by atoms with E-state index in [1.54, 1.807) is 0 Å². The second kappa shape index (κ2) is 8.81. The van der Waals surface area contributed by atoms with Gasteiger partial charge >= 0.3 is 0 Å². The molecule has 0 heterocycles. The van der Waals surface area contributed by atoms with Gasteiger partial charge in [-0.1, -0.05) is 50.3 Å². The summed E-state index contributed by atoms with van der Waals surface area (Å²) in [5.41, 5.74) is 3.02. The van der Waals surface area contributed by atoms with Crippen molar-refractivity contribution in [1.82, 2.24) is 4.90 Å². The van der Waals surface area contributed by atoms with Crippen LogP contribution >= 0.6 is 0 Å². The molecule has 1 unspecified atom stereocenters. The van der Waals surface area contributed by atoms with Gasteiger partial charge in [0.1, 0.15) is 12.4 Å². The number of allylic oxidation sites excluding steroid dienone is 1. The topological polar surface area (TPSA) is 29.5 Å². The molecule has 136 valence electrons. The molecule has 0 bridgehead atoms. The molecule has 0 aromatic heterocycles. The number of ketones is 1. The number of hydrogen-bond donors (Lipinski definition) is 0. The first-order valence-electron chi connectivity index (χ1n) is 9.47. The van der Waals surface area contributed by atoms with Crippen LogP contribution in [0.4, 0.5) is 0 Å². The predicted molar refractivity (Wildman–Crippen MR) is 107 cm³/mol. The van der Waals surface area contributed by atoms with Gasteiger partial charge in [-0.2, -0.15) is 0 Å². The first kappa shape index (κ1) is 18.4. The summed E-state index contributed by atoms with van der Waals surface area (Å²) >= 11 is 0. The van der Waals surface area contributed by atoms with E-state index in [1.165, 1.54) is 0 Å². The maximum atomic E-state index is 13.0. The van der Waals surface area contributed by atoms with E-state index in [-0.39, 0.29) is 11.7 Å². The largest absolute Gasteiger partial charge is 0.492 e. The lowest BCUT2D eigenvalue weighted by atomic mass is 9.82. The highest BCUT2D eigenvalue weighted by atomic mass is 16.5. The minimum atomic E-state index is -0.0920. The molecule has 0 saturated heterocycles. The molecule has 2 aromatic rings. The van der Waals surface area contributed by atoms with E-state index >= 15 is 0 Å². The molecular weight excluding hydrogens is 322 g/mol. The van der Waals surface area contributed by atoms with Crippen molar-refractivity contribution >= 4 is 11.9 Å². The first-order valence-corrected chi connectivity index (χ1v) is 9.47. The molecule has 0 saturated carbocycles. The number of Topliss-reactive ketones (excluding diaryl/α,β-unsaturated/α-hetero) is 1. The van der Waals surface area contributed by atoms with Gasteiger partial charge < -0.3 is 9.64 Å². The van der Waals surface area contributed by atoms with Crippen molar-refractivity contribution in [3.8, 4) is 5.75 Å². The van der Waals surface area contributed by atoms with Crippen LogP contribution in [0.1, 0.15) is 47.7 Å². The quantitative estimate of drug-likeness (QED) is 0.642. The van der Waals surface area contributed by atoms with E-state index in [0.29, 0.717) is 6.61 Å². The van der Waals surface area contributed by atoms with Crippen LogP contribution in [0.3, 0.4) is 0 Å². The van der Waals surface area contributed by atoms with Crippen molar-refractivity contribution in [1.29, 1.82) is 0 Å². The molecule has 26 heavy (non-hydrogen) atoms. The number of rotatable bonds is 8. The Balaban J connectivity index is 1.64. The minimum absolute atomic E-state index is 0.0920. The molecule has 0 amide bonds. The summed E-state index contributed by atoms with van der Waals surface area (Å²) in [4.78, 5) is 15.3. The molecule has 3 nitrogen and oxygen atoms in total. The third-order valence-corrected chi connectivity index (χ3v) is 5.07. The summed E-state index contributed by atoms with van der Waals surface area (Å²) in [5.74, 6) is 0.903. The number of carbonyl (C=O) groups excluding carboxylic acids is 1. The van der Waals surface area contributed by atoms with Crippen molar-refractivity contribution in [2.75, 3.05) is 26.2 Å². The van der Waals surface area contributed by atoms with Gasteiger partial charge in [0.25, 0.3) is 0 Å². The van der Waals surface area contributed by atoms with Crippen LogP contribution < -0.4 is 4.74 Å². The maximum absolute atomic E-state index is 13.0. The number of fused-ring (bicyclic) bond motifs is 1. The van der Waals surface area contributed by atoms with E-state index in [9.17, 15) is 4.79 Å². The Morgan fingerprint density at radius 1 is 1.08 bits per heavy atom. The Hall–Kier alpha value is -2.39. The van der Waals surface area contributed by atoms with Crippen LogP contribution in [0.5, 0.6) is 5.75 Å². The Labute approximate surface area is 156 Å². The second-order valence-corrected chi connectivity index (χ2v) is 6.58. The van der Waals surface area contributed by atoms with Crippen molar-refractivity contribution in [2.45, 2.75) is 26.2 Å². The summed E-state index contributed by atoms with van der Waals surface area (Å²) in [7, 11) is 0. The van der Waals surface area contributed by atoms with Gasteiger partial charge in [-0.25, -0.2) is 0 Å². The SMILES string of the molecule is CCN(CC)CCOc1ccc(C(=O)C2CC=Cc3ccccc32)cc1. The smallest absolute Gasteiger partial charge is 0.170 e. The molecule has 1 aliphatic rings. The fourth-order valence-corrected chi connectivity index (χ4v) is 3.44. The molecule has 3 heteroatoms. The summed E-state index contributed by atoms with van der Waals surface area (Å²) in [6.07, 6.45) is 4.96. The van der Waals surface area contributed by atoms with Crippen LogP contribution in [-0.2, 0) is 0 Å². The van der Waals surface area contributed by atoms with E-state index in [4.69, 9.17) is 4.74 Å². The van der Waals surface area contributed by atoms with E-state index < -0.39 is 0 Å². The zero-order valence-corrected chi connectivity index (χ0v) is 15.7. The Bertz CT molecular complexity index is 760. The molecule has 0 spiro atoms. The van der Waals surface area contributed by atoms with Crippen molar-refractivity contribution in [3.05, 3.63) is 71.3 Å². The van der Waals surface area contributed by atoms with Gasteiger partial charge in [0.2, 0.25) is 0 Å². The molecule has 2 aromatic carbocycles. The van der Waals surface area contributed by atoms with Gasteiger partial charge in [0.15, 0.2) is 5.78 Å². The lowest BCUT2D eigenvalue weighted by Crippen LogP contribution is -2.27. The standard InChI is InChI=1S/C23H27NO2/c1-3-24(4-2)16-17-26-20-14-12-19(13-15-20)23(25)22-11-7-9-18-8-5-6-10-21(18)22/h5-10,12-15,22H,3-4,11,16-17H2,1-2H3. The fourth-order valence-electron chi connectivity index (χ4n) is 3.44. The van der Waals surface area contributed by atoms with Crippen LogP contribution in [0.15, 0.2) is 54.6 Å². The number of likely N-dealkylation sites (N-methyl/N-ethyl adjacent to an activating group) is 1. The summed E-state index contributed by atoms with van der Waals surface area (Å²) in [5, 5.41) is 0. The van der Waals surface area contributed by atoms with Gasteiger partial charge in [-0.3, -0.25) is 4.79 Å². The first-order chi connectivity index (χ1) is 12.7. The Morgan fingerprint density at radius 3 is 2.54 bits per heavy atom. The van der Waals surface area contributed by atoms with Crippen molar-refractivity contribution in [3.63, 3.8) is 0 Å². The monoisotopic (exact) mass is 349 g/mol. The molecule has 1 aliphatic carbocycles. The number of benzene rings is 2. The Morgan fingerprint density at radius 2 is 1.81 bits per heavy atom. The number of nitrogens with zero attached hydrogens (tertiary/aromatic N) is 1. The van der Waals surface area contributed by atoms with Crippen molar-refractivity contribution < 1.29 is 9.53 Å². The van der Waals surface area contributed by atoms with Crippen LogP contribution in [0.25, 0.3) is 6.08 Å². The average molecular weight is 349 g/mol. The van der Waals surface area contributed by atoms with Crippen LogP contribution in [0, 0.1) is 0 Å². The molecule has 0 radical (unpaired) electrons. The van der Waals surface area contributed by atoms with E-state index in [2.05, 4.69) is 43.0 Å². The normalized spacial score (nSPS) is 15.7. The van der Waals surface area contributed by atoms with Gasteiger partial charge in [-0.05, 0) is 54.9 Å². The molecule has 1 atom stereocenters. The van der Waals surface area contributed by atoms with Crippen molar-refractivity contribution in [2.24, 2.45) is 0 Å². The third-order valence-electron chi connectivity index (χ3n) is 5.07. The lowest BCUT2D eigenvalue weighted by Gasteiger charge is -2.21. The molecule has 0 N–H and O–H groups in total. The number of ether oxygens (including phenoxy) is 1.